The van der Waals surface area contributed by atoms with Gasteiger partial charge < -0.3 is 14.9 Å². The van der Waals surface area contributed by atoms with Gasteiger partial charge in [-0.2, -0.15) is 0 Å². The van der Waals surface area contributed by atoms with E-state index < -0.39 is 6.09 Å². The first kappa shape index (κ1) is 11.2. The highest BCUT2D eigenvalue weighted by atomic mass is 16.4. The molecule has 0 aromatic rings. The second-order valence-corrected chi connectivity index (χ2v) is 4.75. The van der Waals surface area contributed by atoms with Gasteiger partial charge in [0.1, 0.15) is 0 Å². The van der Waals surface area contributed by atoms with Crippen LogP contribution < -0.4 is 0 Å². The molecular weight excluding hydrogens is 208 g/mol. The van der Waals surface area contributed by atoms with Gasteiger partial charge in [-0.25, -0.2) is 4.79 Å². The number of piperidine rings is 1. The fourth-order valence-corrected chi connectivity index (χ4v) is 2.79. The molecule has 2 aliphatic heterocycles. The minimum absolute atomic E-state index is 0.237. The molecule has 0 aromatic carbocycles. The van der Waals surface area contributed by atoms with E-state index in [9.17, 15) is 9.59 Å². The highest BCUT2D eigenvalue weighted by Gasteiger charge is 2.36. The molecule has 0 spiro atoms. The van der Waals surface area contributed by atoms with Gasteiger partial charge in [-0.3, -0.25) is 4.79 Å². The van der Waals surface area contributed by atoms with Crippen LogP contribution in [-0.4, -0.2) is 52.6 Å². The van der Waals surface area contributed by atoms with Gasteiger partial charge in [0, 0.05) is 32.1 Å². The maximum absolute atomic E-state index is 11.6. The molecule has 0 saturated carbocycles. The molecule has 0 unspecified atom stereocenters. The van der Waals surface area contributed by atoms with Crippen LogP contribution in [0.1, 0.15) is 26.2 Å². The second kappa shape index (κ2) is 4.31. The van der Waals surface area contributed by atoms with Crippen molar-refractivity contribution in [3.8, 4) is 0 Å². The van der Waals surface area contributed by atoms with Crippen LogP contribution in [0, 0.1) is 5.92 Å². The van der Waals surface area contributed by atoms with Crippen molar-refractivity contribution in [2.75, 3.05) is 19.6 Å². The zero-order valence-electron chi connectivity index (χ0n) is 9.56. The lowest BCUT2D eigenvalue weighted by Gasteiger charge is -2.40. The lowest BCUT2D eigenvalue weighted by Crippen LogP contribution is -2.51. The molecule has 2 fully saturated rings. The first-order valence-corrected chi connectivity index (χ1v) is 5.87. The standard InChI is InChI=1S/C11H18N2O3/c1-8-7-12(11(15)16)6-4-9(8)13-5-2-3-10(13)14/h8-9H,2-7H2,1H3,(H,15,16)/t8-,9-/m1/s1. The average molecular weight is 226 g/mol. The van der Waals surface area contributed by atoms with Crippen LogP contribution in [0.4, 0.5) is 4.79 Å². The van der Waals surface area contributed by atoms with Gasteiger partial charge in [0.25, 0.3) is 0 Å². The van der Waals surface area contributed by atoms with Crippen LogP contribution in [0.5, 0.6) is 0 Å². The minimum atomic E-state index is -0.849. The third-order valence-electron chi connectivity index (χ3n) is 3.64. The molecular formula is C11H18N2O3. The molecule has 90 valence electrons. The number of rotatable bonds is 1. The molecule has 16 heavy (non-hydrogen) atoms. The Bertz CT molecular complexity index is 306. The quantitative estimate of drug-likeness (QED) is 0.725. The Morgan fingerprint density at radius 2 is 2.19 bits per heavy atom. The number of hydrogen-bond donors (Lipinski definition) is 1. The summed E-state index contributed by atoms with van der Waals surface area (Å²) in [5, 5.41) is 8.90. The van der Waals surface area contributed by atoms with Crippen molar-refractivity contribution in [3.05, 3.63) is 0 Å². The van der Waals surface area contributed by atoms with Gasteiger partial charge in [0.05, 0.1) is 0 Å². The summed E-state index contributed by atoms with van der Waals surface area (Å²) in [4.78, 5) is 25.9. The Hall–Kier alpha value is -1.26. The number of hydrogen-bond acceptors (Lipinski definition) is 2. The molecule has 0 aliphatic carbocycles. The predicted molar refractivity (Wildman–Crippen MR) is 58.1 cm³/mol. The van der Waals surface area contributed by atoms with Gasteiger partial charge in [0.2, 0.25) is 5.91 Å². The molecule has 5 heteroatoms. The molecule has 2 aliphatic rings. The Morgan fingerprint density at radius 1 is 1.44 bits per heavy atom. The Labute approximate surface area is 95.0 Å². The summed E-state index contributed by atoms with van der Waals surface area (Å²) in [6.07, 6.45) is 1.54. The van der Waals surface area contributed by atoms with Crippen molar-refractivity contribution in [3.63, 3.8) is 0 Å². The van der Waals surface area contributed by atoms with Crippen molar-refractivity contribution in [2.45, 2.75) is 32.2 Å². The van der Waals surface area contributed by atoms with Crippen molar-refractivity contribution < 1.29 is 14.7 Å². The van der Waals surface area contributed by atoms with Gasteiger partial charge >= 0.3 is 6.09 Å². The third kappa shape index (κ3) is 1.99. The Morgan fingerprint density at radius 3 is 2.69 bits per heavy atom. The van der Waals surface area contributed by atoms with Crippen molar-refractivity contribution >= 4 is 12.0 Å². The van der Waals surface area contributed by atoms with Crippen LogP contribution in [0.2, 0.25) is 0 Å². The lowest BCUT2D eigenvalue weighted by molar-refractivity contribution is -0.131. The van der Waals surface area contributed by atoms with E-state index in [0.717, 1.165) is 19.4 Å². The SMILES string of the molecule is C[C@@H]1CN(C(=O)O)CC[C@H]1N1CCCC1=O. The highest BCUT2D eigenvalue weighted by Crippen LogP contribution is 2.26. The van der Waals surface area contributed by atoms with Gasteiger partial charge in [-0.15, -0.1) is 0 Å². The first-order chi connectivity index (χ1) is 7.59. The summed E-state index contributed by atoms with van der Waals surface area (Å²) in [5.41, 5.74) is 0. The smallest absolute Gasteiger partial charge is 0.407 e. The minimum Gasteiger partial charge on any atom is -0.465 e. The first-order valence-electron chi connectivity index (χ1n) is 5.87. The number of amides is 2. The average Bonchev–Trinajstić information content (AvgIpc) is 2.64. The molecule has 0 radical (unpaired) electrons. The molecule has 2 saturated heterocycles. The number of carbonyl (C=O) groups is 2. The normalized spacial score (nSPS) is 30.9. The fraction of sp³-hybridized carbons (Fsp3) is 0.818. The van der Waals surface area contributed by atoms with E-state index >= 15 is 0 Å². The monoisotopic (exact) mass is 226 g/mol. The number of carbonyl (C=O) groups excluding carboxylic acids is 1. The van der Waals surface area contributed by atoms with Gasteiger partial charge in [0.15, 0.2) is 0 Å². The topological polar surface area (TPSA) is 60.9 Å². The summed E-state index contributed by atoms with van der Waals surface area (Å²) >= 11 is 0. The molecule has 2 rings (SSSR count). The van der Waals surface area contributed by atoms with E-state index in [2.05, 4.69) is 0 Å². The third-order valence-corrected chi connectivity index (χ3v) is 3.64. The van der Waals surface area contributed by atoms with Crippen LogP contribution in [0.3, 0.4) is 0 Å². The molecule has 5 nitrogen and oxygen atoms in total. The zero-order valence-corrected chi connectivity index (χ0v) is 9.56. The number of nitrogens with zero attached hydrogens (tertiary/aromatic N) is 2. The summed E-state index contributed by atoms with van der Waals surface area (Å²) in [5.74, 6) is 0.479. The maximum Gasteiger partial charge on any atom is 0.407 e. The molecule has 0 aromatic heterocycles. The maximum atomic E-state index is 11.6. The zero-order chi connectivity index (χ0) is 11.7. The highest BCUT2D eigenvalue weighted by molar-refractivity contribution is 5.78. The number of likely N-dealkylation sites (tertiary alicyclic amines) is 2. The van der Waals surface area contributed by atoms with E-state index in [0.29, 0.717) is 19.5 Å². The summed E-state index contributed by atoms with van der Waals surface area (Å²) in [7, 11) is 0. The van der Waals surface area contributed by atoms with Gasteiger partial charge in [-0.05, 0) is 18.8 Å². The van der Waals surface area contributed by atoms with Crippen LogP contribution >= 0.6 is 0 Å². The summed E-state index contributed by atoms with van der Waals surface area (Å²) < 4.78 is 0. The van der Waals surface area contributed by atoms with E-state index in [1.54, 1.807) is 0 Å². The van der Waals surface area contributed by atoms with Crippen LogP contribution in [0.15, 0.2) is 0 Å². The summed E-state index contributed by atoms with van der Waals surface area (Å²) in [6, 6.07) is 0.241. The van der Waals surface area contributed by atoms with E-state index in [4.69, 9.17) is 5.11 Å². The van der Waals surface area contributed by atoms with E-state index in [1.807, 2.05) is 11.8 Å². The predicted octanol–water partition coefficient (Wildman–Crippen LogP) is 0.997. The second-order valence-electron chi connectivity index (χ2n) is 4.75. The van der Waals surface area contributed by atoms with E-state index in [1.165, 1.54) is 4.90 Å². The molecule has 1 N–H and O–H groups in total. The van der Waals surface area contributed by atoms with Crippen LogP contribution in [-0.2, 0) is 4.79 Å². The largest absolute Gasteiger partial charge is 0.465 e. The van der Waals surface area contributed by atoms with Crippen molar-refractivity contribution in [1.82, 2.24) is 9.80 Å². The lowest BCUT2D eigenvalue weighted by atomic mass is 9.93. The Balaban J connectivity index is 1.98. The molecule has 2 atom stereocenters. The van der Waals surface area contributed by atoms with Crippen LogP contribution in [0.25, 0.3) is 0 Å². The number of carboxylic acid groups (broad SMARTS) is 1. The summed E-state index contributed by atoms with van der Waals surface area (Å²) in [6.45, 7) is 3.98. The Kier molecular flexibility index (Phi) is 3.03. The molecule has 2 amide bonds. The molecule has 0 bridgehead atoms. The van der Waals surface area contributed by atoms with E-state index in [-0.39, 0.29) is 17.9 Å². The van der Waals surface area contributed by atoms with Gasteiger partial charge in [-0.1, -0.05) is 6.92 Å². The van der Waals surface area contributed by atoms with Crippen molar-refractivity contribution in [2.24, 2.45) is 5.92 Å². The fourth-order valence-electron chi connectivity index (χ4n) is 2.79. The van der Waals surface area contributed by atoms with Crippen molar-refractivity contribution in [1.29, 1.82) is 0 Å². The molecule has 2 heterocycles.